The quantitative estimate of drug-likeness (QED) is 0.701. The monoisotopic (exact) mass is 354 g/mol. The number of β-amino-alcohol motifs (C(OH)–C–C–N with tert-alkyl or cyclic N) is 1. The molecule has 0 aliphatic carbocycles. The number of halogens is 1. The normalized spacial score (nSPS) is 19.0. The molecule has 2 N–H and O–H groups in total. The SMILES string of the molecule is CC(C)C[C@H]1NC(=O)N(C[C@H](O)COCc2ccc(Cl)cc2)C1=O. The molecule has 0 spiro atoms. The first-order valence-corrected chi connectivity index (χ1v) is 8.36. The van der Waals surface area contributed by atoms with E-state index in [0.29, 0.717) is 24.0 Å². The summed E-state index contributed by atoms with van der Waals surface area (Å²) in [5, 5.41) is 13.3. The molecule has 3 amide bonds. The number of aliphatic hydroxyl groups is 1. The summed E-state index contributed by atoms with van der Waals surface area (Å²) in [7, 11) is 0. The van der Waals surface area contributed by atoms with Crippen molar-refractivity contribution < 1.29 is 19.4 Å². The summed E-state index contributed by atoms with van der Waals surface area (Å²) in [6.45, 7) is 4.27. The summed E-state index contributed by atoms with van der Waals surface area (Å²) < 4.78 is 5.43. The highest BCUT2D eigenvalue weighted by Crippen LogP contribution is 2.15. The second kappa shape index (κ2) is 8.46. The van der Waals surface area contributed by atoms with E-state index in [1.807, 2.05) is 26.0 Å². The molecule has 1 aliphatic heterocycles. The van der Waals surface area contributed by atoms with E-state index in [2.05, 4.69) is 5.32 Å². The highest BCUT2D eigenvalue weighted by Gasteiger charge is 2.38. The van der Waals surface area contributed by atoms with Gasteiger partial charge in [0.15, 0.2) is 0 Å². The number of nitrogens with one attached hydrogen (secondary N) is 1. The van der Waals surface area contributed by atoms with Crippen LogP contribution in [0.2, 0.25) is 5.02 Å². The van der Waals surface area contributed by atoms with Crippen molar-refractivity contribution in [2.75, 3.05) is 13.2 Å². The van der Waals surface area contributed by atoms with Crippen LogP contribution in [0.1, 0.15) is 25.8 Å². The van der Waals surface area contributed by atoms with Gasteiger partial charge in [-0.3, -0.25) is 9.69 Å². The number of rotatable bonds is 8. The maximum atomic E-state index is 12.2. The molecule has 0 bridgehead atoms. The van der Waals surface area contributed by atoms with E-state index in [-0.39, 0.29) is 19.1 Å². The van der Waals surface area contributed by atoms with Crippen molar-refractivity contribution in [1.29, 1.82) is 0 Å². The van der Waals surface area contributed by atoms with Crippen molar-refractivity contribution in [2.24, 2.45) is 5.92 Å². The van der Waals surface area contributed by atoms with Crippen molar-refractivity contribution in [3.8, 4) is 0 Å². The lowest BCUT2D eigenvalue weighted by Crippen LogP contribution is -2.39. The first kappa shape index (κ1) is 18.7. The van der Waals surface area contributed by atoms with Crippen molar-refractivity contribution in [2.45, 2.75) is 39.0 Å². The van der Waals surface area contributed by atoms with Gasteiger partial charge in [0, 0.05) is 5.02 Å². The van der Waals surface area contributed by atoms with E-state index in [0.717, 1.165) is 10.5 Å². The average molecular weight is 355 g/mol. The maximum absolute atomic E-state index is 12.2. The minimum atomic E-state index is -0.926. The molecular formula is C17H23ClN2O4. The van der Waals surface area contributed by atoms with Crippen LogP contribution in [0, 0.1) is 5.92 Å². The molecule has 2 rings (SSSR count). The van der Waals surface area contributed by atoms with Crippen molar-refractivity contribution in [3.63, 3.8) is 0 Å². The topological polar surface area (TPSA) is 78.9 Å². The Morgan fingerprint density at radius 1 is 1.29 bits per heavy atom. The first-order valence-electron chi connectivity index (χ1n) is 7.99. The fraction of sp³-hybridized carbons (Fsp3) is 0.529. The fourth-order valence-corrected chi connectivity index (χ4v) is 2.66. The third-order valence-electron chi connectivity index (χ3n) is 3.70. The van der Waals surface area contributed by atoms with Crippen LogP contribution in [0.3, 0.4) is 0 Å². The van der Waals surface area contributed by atoms with Crippen LogP contribution in [0.15, 0.2) is 24.3 Å². The number of imide groups is 1. The summed E-state index contributed by atoms with van der Waals surface area (Å²) in [6, 6.07) is 6.24. The van der Waals surface area contributed by atoms with Gasteiger partial charge in [-0.05, 0) is 30.0 Å². The summed E-state index contributed by atoms with van der Waals surface area (Å²) in [5.74, 6) is 0.0114. The number of urea groups is 1. The molecule has 24 heavy (non-hydrogen) atoms. The van der Waals surface area contributed by atoms with Crippen LogP contribution in [0.25, 0.3) is 0 Å². The van der Waals surface area contributed by atoms with Crippen LogP contribution in [0.4, 0.5) is 4.79 Å². The van der Waals surface area contributed by atoms with Gasteiger partial charge in [-0.25, -0.2) is 4.79 Å². The molecule has 6 nitrogen and oxygen atoms in total. The first-order chi connectivity index (χ1) is 11.4. The van der Waals surface area contributed by atoms with E-state index in [1.54, 1.807) is 12.1 Å². The van der Waals surface area contributed by atoms with Gasteiger partial charge in [0.1, 0.15) is 6.04 Å². The van der Waals surface area contributed by atoms with E-state index in [4.69, 9.17) is 16.3 Å². The van der Waals surface area contributed by atoms with Crippen LogP contribution < -0.4 is 5.32 Å². The molecule has 132 valence electrons. The molecular weight excluding hydrogens is 332 g/mol. The van der Waals surface area contributed by atoms with E-state index >= 15 is 0 Å². The van der Waals surface area contributed by atoms with Crippen LogP contribution in [0.5, 0.6) is 0 Å². The predicted molar refractivity (Wildman–Crippen MR) is 90.6 cm³/mol. The van der Waals surface area contributed by atoms with Gasteiger partial charge in [0.05, 0.1) is 25.9 Å². The highest BCUT2D eigenvalue weighted by molar-refractivity contribution is 6.30. The molecule has 0 unspecified atom stereocenters. The Hall–Kier alpha value is -1.63. The lowest BCUT2D eigenvalue weighted by atomic mass is 10.0. The van der Waals surface area contributed by atoms with E-state index in [9.17, 15) is 14.7 Å². The lowest BCUT2D eigenvalue weighted by molar-refractivity contribution is -0.129. The molecule has 0 saturated carbocycles. The van der Waals surface area contributed by atoms with Gasteiger partial charge in [0.2, 0.25) is 0 Å². The summed E-state index contributed by atoms with van der Waals surface area (Å²) >= 11 is 5.81. The second-order valence-electron chi connectivity index (χ2n) is 6.38. The molecule has 7 heteroatoms. The Morgan fingerprint density at radius 2 is 1.96 bits per heavy atom. The molecule has 1 aromatic carbocycles. The Bertz CT molecular complexity index is 576. The molecule has 1 heterocycles. The fourth-order valence-electron chi connectivity index (χ4n) is 2.54. The minimum Gasteiger partial charge on any atom is -0.389 e. The zero-order valence-electron chi connectivity index (χ0n) is 13.9. The van der Waals surface area contributed by atoms with E-state index in [1.165, 1.54) is 0 Å². The molecule has 0 radical (unpaired) electrons. The number of nitrogens with zero attached hydrogens (tertiary/aromatic N) is 1. The predicted octanol–water partition coefficient (Wildman–Crippen LogP) is 2.18. The van der Waals surface area contributed by atoms with Crippen LogP contribution in [-0.4, -0.2) is 47.2 Å². The number of carbonyl (C=O) groups excluding carboxylic acids is 2. The summed E-state index contributed by atoms with van der Waals surface area (Å²) in [6.07, 6.45) is -0.339. The number of hydrogen-bond donors (Lipinski definition) is 2. The largest absolute Gasteiger partial charge is 0.389 e. The zero-order valence-corrected chi connectivity index (χ0v) is 14.6. The van der Waals surface area contributed by atoms with Crippen molar-refractivity contribution >= 4 is 23.5 Å². The Labute approximate surface area is 146 Å². The molecule has 1 aromatic rings. The Balaban J connectivity index is 1.77. The van der Waals surface area contributed by atoms with Crippen LogP contribution >= 0.6 is 11.6 Å². The number of benzene rings is 1. The number of ether oxygens (including phenoxy) is 1. The smallest absolute Gasteiger partial charge is 0.324 e. The third kappa shape index (κ3) is 5.19. The minimum absolute atomic E-state index is 0.0362. The zero-order chi connectivity index (χ0) is 17.7. The molecule has 1 fully saturated rings. The van der Waals surface area contributed by atoms with Gasteiger partial charge in [-0.15, -0.1) is 0 Å². The Kier molecular flexibility index (Phi) is 6.60. The van der Waals surface area contributed by atoms with Gasteiger partial charge in [-0.2, -0.15) is 0 Å². The number of amides is 3. The van der Waals surface area contributed by atoms with Gasteiger partial charge < -0.3 is 15.2 Å². The van der Waals surface area contributed by atoms with Gasteiger partial charge in [-0.1, -0.05) is 37.6 Å². The van der Waals surface area contributed by atoms with Gasteiger partial charge in [0.25, 0.3) is 5.91 Å². The van der Waals surface area contributed by atoms with Crippen LogP contribution in [-0.2, 0) is 16.1 Å². The lowest BCUT2D eigenvalue weighted by Gasteiger charge is -2.18. The molecule has 1 saturated heterocycles. The molecule has 1 aliphatic rings. The summed E-state index contributed by atoms with van der Waals surface area (Å²) in [5.41, 5.74) is 0.929. The number of aliphatic hydroxyl groups excluding tert-OH is 1. The standard InChI is InChI=1S/C17H23ClN2O4/c1-11(2)7-15-16(22)20(17(23)19-15)8-14(21)10-24-9-12-3-5-13(18)6-4-12/h3-6,11,14-15,21H,7-10H2,1-2H3,(H,19,23)/t14-,15+/m0/s1. The molecule has 2 atom stereocenters. The molecule has 0 aromatic heterocycles. The Morgan fingerprint density at radius 3 is 2.58 bits per heavy atom. The van der Waals surface area contributed by atoms with Gasteiger partial charge >= 0.3 is 6.03 Å². The number of carbonyl (C=O) groups is 2. The second-order valence-corrected chi connectivity index (χ2v) is 6.81. The highest BCUT2D eigenvalue weighted by atomic mass is 35.5. The summed E-state index contributed by atoms with van der Waals surface area (Å²) in [4.78, 5) is 25.1. The van der Waals surface area contributed by atoms with Crippen molar-refractivity contribution in [1.82, 2.24) is 10.2 Å². The average Bonchev–Trinajstić information content (AvgIpc) is 2.76. The maximum Gasteiger partial charge on any atom is 0.324 e. The third-order valence-corrected chi connectivity index (χ3v) is 3.95. The van der Waals surface area contributed by atoms with E-state index < -0.39 is 18.2 Å². The van der Waals surface area contributed by atoms with Crippen molar-refractivity contribution in [3.05, 3.63) is 34.9 Å². The number of hydrogen-bond acceptors (Lipinski definition) is 4.